The van der Waals surface area contributed by atoms with E-state index in [4.69, 9.17) is 5.73 Å². The highest BCUT2D eigenvalue weighted by atomic mass is 79.9. The van der Waals surface area contributed by atoms with E-state index in [-0.39, 0.29) is 0 Å². The highest BCUT2D eigenvalue weighted by molar-refractivity contribution is 9.10. The van der Waals surface area contributed by atoms with E-state index in [1.807, 2.05) is 0 Å². The van der Waals surface area contributed by atoms with Gasteiger partial charge in [-0.05, 0) is 30.7 Å². The molecule has 1 heterocycles. The quantitative estimate of drug-likeness (QED) is 0.908. The molecule has 2 unspecified atom stereocenters. The first-order valence-corrected chi connectivity index (χ1v) is 7.84. The van der Waals surface area contributed by atoms with Crippen molar-refractivity contribution in [3.8, 4) is 0 Å². The summed E-state index contributed by atoms with van der Waals surface area (Å²) >= 11 is 5.57. The van der Waals surface area contributed by atoms with Crippen molar-refractivity contribution in [3.05, 3.63) is 28.2 Å². The lowest BCUT2D eigenvalue weighted by atomic mass is 10.1. The number of benzene rings is 1. The van der Waals surface area contributed by atoms with E-state index in [1.54, 1.807) is 0 Å². The van der Waals surface area contributed by atoms with Gasteiger partial charge in [-0.25, -0.2) is 0 Å². The summed E-state index contributed by atoms with van der Waals surface area (Å²) in [5.74, 6) is 1.20. The number of anilines is 1. The fourth-order valence-electron chi connectivity index (χ4n) is 2.27. The van der Waals surface area contributed by atoms with E-state index in [0.29, 0.717) is 17.8 Å². The molecule has 17 heavy (non-hydrogen) atoms. The number of halogens is 1. The number of hydrogen-bond donors (Lipinski definition) is 1. The molecule has 0 amide bonds. The fraction of sp³-hybridized carbons (Fsp3) is 0.538. The van der Waals surface area contributed by atoms with Crippen LogP contribution in [0, 0.1) is 0 Å². The van der Waals surface area contributed by atoms with Crippen LogP contribution in [-0.2, 0) is 6.54 Å². The molecule has 0 bridgehead atoms. The van der Waals surface area contributed by atoms with E-state index in [1.165, 1.54) is 17.0 Å². The largest absolute Gasteiger partial charge is 0.367 e. The van der Waals surface area contributed by atoms with Crippen LogP contribution in [0.4, 0.5) is 5.69 Å². The van der Waals surface area contributed by atoms with Crippen LogP contribution < -0.4 is 10.6 Å². The minimum Gasteiger partial charge on any atom is -0.367 e. The number of nitrogens with zero attached hydrogens (tertiary/aromatic N) is 1. The molecule has 2 rings (SSSR count). The molecule has 2 nitrogen and oxygen atoms in total. The third kappa shape index (κ3) is 2.80. The Labute approximate surface area is 116 Å². The van der Waals surface area contributed by atoms with Crippen LogP contribution in [0.15, 0.2) is 22.7 Å². The predicted molar refractivity (Wildman–Crippen MR) is 80.8 cm³/mol. The van der Waals surface area contributed by atoms with Crippen LogP contribution in [0.2, 0.25) is 0 Å². The molecular weight excluding hydrogens is 296 g/mol. The summed E-state index contributed by atoms with van der Waals surface area (Å²) in [6.07, 6.45) is 0. The SMILES string of the molecule is CC1SCCN(c2ccc(Br)cc2CN)C1C. The maximum absolute atomic E-state index is 5.85. The highest BCUT2D eigenvalue weighted by Gasteiger charge is 2.26. The van der Waals surface area contributed by atoms with Gasteiger partial charge in [-0.15, -0.1) is 0 Å². The van der Waals surface area contributed by atoms with Gasteiger partial charge in [0, 0.05) is 40.3 Å². The number of hydrogen-bond acceptors (Lipinski definition) is 3. The summed E-state index contributed by atoms with van der Waals surface area (Å²) in [6, 6.07) is 6.99. The Morgan fingerprint density at radius 1 is 1.47 bits per heavy atom. The molecule has 0 saturated carbocycles. The third-order valence-electron chi connectivity index (χ3n) is 3.45. The van der Waals surface area contributed by atoms with E-state index in [0.717, 1.165) is 11.0 Å². The average molecular weight is 315 g/mol. The van der Waals surface area contributed by atoms with Crippen molar-refractivity contribution in [1.82, 2.24) is 0 Å². The maximum Gasteiger partial charge on any atom is 0.0415 e. The summed E-state index contributed by atoms with van der Waals surface area (Å²) in [5, 5.41) is 0.679. The number of rotatable bonds is 2. The van der Waals surface area contributed by atoms with Gasteiger partial charge in [-0.1, -0.05) is 22.9 Å². The second-order valence-electron chi connectivity index (χ2n) is 4.49. The molecule has 1 fully saturated rings. The van der Waals surface area contributed by atoms with Crippen molar-refractivity contribution < 1.29 is 0 Å². The molecule has 1 aliphatic rings. The van der Waals surface area contributed by atoms with Crippen LogP contribution in [0.1, 0.15) is 19.4 Å². The molecular formula is C13H19BrN2S. The molecule has 0 aliphatic carbocycles. The lowest BCUT2D eigenvalue weighted by Crippen LogP contribution is -2.45. The van der Waals surface area contributed by atoms with Crippen molar-refractivity contribution >= 4 is 33.4 Å². The Kier molecular flexibility index (Phi) is 4.39. The average Bonchev–Trinajstić information content (AvgIpc) is 2.33. The zero-order valence-electron chi connectivity index (χ0n) is 10.3. The van der Waals surface area contributed by atoms with Crippen molar-refractivity contribution in [1.29, 1.82) is 0 Å². The zero-order valence-corrected chi connectivity index (χ0v) is 12.7. The highest BCUT2D eigenvalue weighted by Crippen LogP contribution is 2.32. The minimum atomic E-state index is 0.570. The monoisotopic (exact) mass is 314 g/mol. The Bertz CT molecular complexity index is 397. The van der Waals surface area contributed by atoms with E-state index in [2.05, 4.69) is 64.6 Å². The van der Waals surface area contributed by atoms with Gasteiger partial charge >= 0.3 is 0 Å². The molecule has 4 heteroatoms. The first kappa shape index (κ1) is 13.2. The Hall–Kier alpha value is -0.190. The molecule has 0 aromatic heterocycles. The van der Waals surface area contributed by atoms with Crippen molar-refractivity contribution in [2.45, 2.75) is 31.7 Å². The van der Waals surface area contributed by atoms with Gasteiger partial charge in [0.1, 0.15) is 0 Å². The van der Waals surface area contributed by atoms with Gasteiger partial charge < -0.3 is 10.6 Å². The smallest absolute Gasteiger partial charge is 0.0415 e. The third-order valence-corrected chi connectivity index (χ3v) is 5.29. The zero-order chi connectivity index (χ0) is 12.4. The van der Waals surface area contributed by atoms with Crippen molar-refractivity contribution in [2.75, 3.05) is 17.2 Å². The van der Waals surface area contributed by atoms with Crippen molar-refractivity contribution in [3.63, 3.8) is 0 Å². The first-order chi connectivity index (χ1) is 8.13. The van der Waals surface area contributed by atoms with E-state index >= 15 is 0 Å². The van der Waals surface area contributed by atoms with Crippen LogP contribution in [0.3, 0.4) is 0 Å². The van der Waals surface area contributed by atoms with Crippen LogP contribution in [0.25, 0.3) is 0 Å². The molecule has 2 atom stereocenters. The molecule has 0 spiro atoms. The van der Waals surface area contributed by atoms with Crippen LogP contribution >= 0.6 is 27.7 Å². The summed E-state index contributed by atoms with van der Waals surface area (Å²) in [5.41, 5.74) is 8.38. The summed E-state index contributed by atoms with van der Waals surface area (Å²) in [7, 11) is 0. The fourth-order valence-corrected chi connectivity index (χ4v) is 3.78. The van der Waals surface area contributed by atoms with E-state index < -0.39 is 0 Å². The summed E-state index contributed by atoms with van der Waals surface area (Å²) < 4.78 is 1.11. The lowest BCUT2D eigenvalue weighted by molar-refractivity contribution is 0.625. The van der Waals surface area contributed by atoms with Gasteiger partial charge in [0.25, 0.3) is 0 Å². The predicted octanol–water partition coefficient (Wildman–Crippen LogP) is 3.24. The molecule has 2 N–H and O–H groups in total. The molecule has 1 aliphatic heterocycles. The van der Waals surface area contributed by atoms with Crippen molar-refractivity contribution in [2.24, 2.45) is 5.73 Å². The summed E-state index contributed by atoms with van der Waals surface area (Å²) in [6.45, 7) is 6.33. The molecule has 1 aromatic rings. The second-order valence-corrected chi connectivity index (χ2v) is 6.89. The van der Waals surface area contributed by atoms with E-state index in [9.17, 15) is 0 Å². The molecule has 1 saturated heterocycles. The Morgan fingerprint density at radius 2 is 2.24 bits per heavy atom. The van der Waals surface area contributed by atoms with Gasteiger partial charge in [-0.2, -0.15) is 11.8 Å². The minimum absolute atomic E-state index is 0.570. The molecule has 94 valence electrons. The normalized spacial score (nSPS) is 25.1. The van der Waals surface area contributed by atoms with Gasteiger partial charge in [0.2, 0.25) is 0 Å². The van der Waals surface area contributed by atoms with Gasteiger partial charge in [0.05, 0.1) is 0 Å². The Balaban J connectivity index is 2.32. The first-order valence-electron chi connectivity index (χ1n) is 6.00. The lowest BCUT2D eigenvalue weighted by Gasteiger charge is -2.40. The molecule has 0 radical (unpaired) electrons. The van der Waals surface area contributed by atoms with Gasteiger partial charge in [0.15, 0.2) is 0 Å². The number of thioether (sulfide) groups is 1. The Morgan fingerprint density at radius 3 is 2.94 bits per heavy atom. The number of nitrogens with two attached hydrogens (primary N) is 1. The summed E-state index contributed by atoms with van der Waals surface area (Å²) in [4.78, 5) is 2.50. The maximum atomic E-state index is 5.85. The second kappa shape index (κ2) is 5.63. The standard InChI is InChI=1S/C13H19BrN2S/c1-9-10(2)17-6-5-16(9)13-4-3-12(14)7-11(13)8-15/h3-4,7,9-10H,5-6,8,15H2,1-2H3. The van der Waals surface area contributed by atoms with Crippen LogP contribution in [0.5, 0.6) is 0 Å². The van der Waals surface area contributed by atoms with Crippen LogP contribution in [-0.4, -0.2) is 23.6 Å². The molecule has 1 aromatic carbocycles. The van der Waals surface area contributed by atoms with Gasteiger partial charge in [-0.3, -0.25) is 0 Å². The topological polar surface area (TPSA) is 29.3 Å².